The second-order valence-corrected chi connectivity index (χ2v) is 7.16. The summed E-state index contributed by atoms with van der Waals surface area (Å²) >= 11 is 0. The minimum atomic E-state index is -0.116. The molecule has 9 nitrogen and oxygen atoms in total. The number of ether oxygens (including phenoxy) is 2. The van der Waals surface area contributed by atoms with Crippen LogP contribution in [-0.4, -0.2) is 73.1 Å². The first-order valence-electron chi connectivity index (χ1n) is 10.4. The molecule has 1 aliphatic rings. The van der Waals surface area contributed by atoms with Crippen molar-refractivity contribution in [2.75, 3.05) is 46.4 Å². The summed E-state index contributed by atoms with van der Waals surface area (Å²) in [5.74, 6) is 1.83. The number of urea groups is 1. The molecule has 31 heavy (non-hydrogen) atoms. The number of nitrogens with one attached hydrogen (secondary N) is 2. The number of methoxy groups -OCH3 is 1. The van der Waals surface area contributed by atoms with Gasteiger partial charge in [0.2, 0.25) is 11.8 Å². The third-order valence-corrected chi connectivity index (χ3v) is 4.91. The highest BCUT2D eigenvalue weighted by Crippen LogP contribution is 2.23. The molecule has 0 saturated carbocycles. The highest BCUT2D eigenvalue weighted by Gasteiger charge is 2.22. The molecule has 1 fully saturated rings. The van der Waals surface area contributed by atoms with Crippen LogP contribution >= 0.6 is 0 Å². The molecule has 1 saturated heterocycles. The number of benzene rings is 1. The standard InChI is InChI=1S/C22H29N5O4/c1-3-23-20(28)16-26-9-11-27(12-10-26)22(29)25-15-17-7-8-21(24-14-17)31-19-6-4-5-18(13-19)30-2/h4-8,13-14H,3,9-12,15-16H2,1-2H3,(H,23,28)(H,25,29). The van der Waals surface area contributed by atoms with Crippen LogP contribution in [0.2, 0.25) is 0 Å². The van der Waals surface area contributed by atoms with Gasteiger partial charge in [-0.15, -0.1) is 0 Å². The zero-order chi connectivity index (χ0) is 22.1. The fourth-order valence-corrected chi connectivity index (χ4v) is 3.22. The van der Waals surface area contributed by atoms with Gasteiger partial charge in [-0.1, -0.05) is 12.1 Å². The lowest BCUT2D eigenvalue weighted by atomic mass is 10.3. The summed E-state index contributed by atoms with van der Waals surface area (Å²) in [6.45, 7) is 5.84. The van der Waals surface area contributed by atoms with Crippen molar-refractivity contribution in [1.82, 2.24) is 25.4 Å². The predicted octanol–water partition coefficient (Wildman–Crippen LogP) is 1.85. The van der Waals surface area contributed by atoms with E-state index in [1.54, 1.807) is 30.3 Å². The van der Waals surface area contributed by atoms with Gasteiger partial charge >= 0.3 is 6.03 Å². The predicted molar refractivity (Wildman–Crippen MR) is 116 cm³/mol. The Bertz CT molecular complexity index is 866. The van der Waals surface area contributed by atoms with Gasteiger partial charge in [0.25, 0.3) is 0 Å². The van der Waals surface area contributed by atoms with Gasteiger partial charge in [-0.25, -0.2) is 9.78 Å². The van der Waals surface area contributed by atoms with E-state index in [9.17, 15) is 9.59 Å². The highest BCUT2D eigenvalue weighted by molar-refractivity contribution is 5.78. The molecule has 2 heterocycles. The molecule has 1 aliphatic heterocycles. The van der Waals surface area contributed by atoms with Crippen LogP contribution in [0, 0.1) is 0 Å². The molecule has 1 aromatic carbocycles. The number of carbonyl (C=O) groups is 2. The van der Waals surface area contributed by atoms with Crippen LogP contribution in [0.5, 0.6) is 17.4 Å². The molecule has 0 bridgehead atoms. The number of pyridine rings is 1. The molecule has 2 aromatic rings. The van der Waals surface area contributed by atoms with Crippen molar-refractivity contribution in [2.45, 2.75) is 13.5 Å². The minimum absolute atomic E-state index is 0.0201. The number of hydrogen-bond acceptors (Lipinski definition) is 6. The molecule has 0 unspecified atom stereocenters. The Morgan fingerprint density at radius 2 is 1.84 bits per heavy atom. The SMILES string of the molecule is CCNC(=O)CN1CCN(C(=O)NCc2ccc(Oc3cccc(OC)c3)nc2)CC1. The Morgan fingerprint density at radius 1 is 1.06 bits per heavy atom. The molecule has 166 valence electrons. The molecular weight excluding hydrogens is 398 g/mol. The summed E-state index contributed by atoms with van der Waals surface area (Å²) in [6.07, 6.45) is 1.68. The van der Waals surface area contributed by atoms with Crippen LogP contribution in [0.1, 0.15) is 12.5 Å². The van der Waals surface area contributed by atoms with Crippen LogP contribution in [0.15, 0.2) is 42.6 Å². The quantitative estimate of drug-likeness (QED) is 0.668. The van der Waals surface area contributed by atoms with Crippen LogP contribution < -0.4 is 20.1 Å². The highest BCUT2D eigenvalue weighted by atomic mass is 16.5. The number of amides is 3. The third kappa shape index (κ3) is 6.85. The number of piperazine rings is 1. The monoisotopic (exact) mass is 427 g/mol. The summed E-state index contributed by atoms with van der Waals surface area (Å²) < 4.78 is 10.9. The number of aromatic nitrogens is 1. The van der Waals surface area contributed by atoms with Crippen LogP contribution in [-0.2, 0) is 11.3 Å². The van der Waals surface area contributed by atoms with Crippen molar-refractivity contribution >= 4 is 11.9 Å². The molecule has 3 rings (SSSR count). The smallest absolute Gasteiger partial charge is 0.317 e. The lowest BCUT2D eigenvalue weighted by Gasteiger charge is -2.34. The largest absolute Gasteiger partial charge is 0.497 e. The Kier molecular flexibility index (Phi) is 8.05. The van der Waals surface area contributed by atoms with Crippen molar-refractivity contribution in [3.63, 3.8) is 0 Å². The Labute approximate surface area is 182 Å². The number of hydrogen-bond donors (Lipinski definition) is 2. The van der Waals surface area contributed by atoms with E-state index in [1.807, 2.05) is 31.2 Å². The van der Waals surface area contributed by atoms with Crippen molar-refractivity contribution in [2.24, 2.45) is 0 Å². The lowest BCUT2D eigenvalue weighted by molar-refractivity contribution is -0.122. The molecule has 3 amide bonds. The van der Waals surface area contributed by atoms with Gasteiger partial charge in [-0.2, -0.15) is 0 Å². The topological polar surface area (TPSA) is 96.0 Å². The molecule has 0 atom stereocenters. The maximum atomic E-state index is 12.4. The molecule has 9 heteroatoms. The first-order chi connectivity index (χ1) is 15.1. The summed E-state index contributed by atoms with van der Waals surface area (Å²) in [5, 5.41) is 5.71. The number of carbonyl (C=O) groups excluding carboxylic acids is 2. The van der Waals surface area contributed by atoms with Gasteiger partial charge in [-0.3, -0.25) is 9.69 Å². The Morgan fingerprint density at radius 3 is 2.52 bits per heavy atom. The number of rotatable bonds is 8. The second kappa shape index (κ2) is 11.2. The van der Waals surface area contributed by atoms with E-state index in [4.69, 9.17) is 9.47 Å². The molecule has 1 aromatic heterocycles. The number of likely N-dealkylation sites (N-methyl/N-ethyl adjacent to an activating group) is 1. The molecule has 0 spiro atoms. The van der Waals surface area contributed by atoms with Crippen LogP contribution in [0.4, 0.5) is 4.79 Å². The Balaban J connectivity index is 1.42. The van der Waals surface area contributed by atoms with E-state index in [0.717, 1.165) is 5.56 Å². The van der Waals surface area contributed by atoms with E-state index in [1.165, 1.54) is 0 Å². The zero-order valence-corrected chi connectivity index (χ0v) is 18.0. The van der Waals surface area contributed by atoms with Crippen molar-refractivity contribution in [3.05, 3.63) is 48.2 Å². The minimum Gasteiger partial charge on any atom is -0.497 e. The number of nitrogens with zero attached hydrogens (tertiary/aromatic N) is 3. The van der Waals surface area contributed by atoms with Crippen LogP contribution in [0.3, 0.4) is 0 Å². The fourth-order valence-electron chi connectivity index (χ4n) is 3.22. The normalized spacial score (nSPS) is 14.1. The maximum absolute atomic E-state index is 12.4. The van der Waals surface area contributed by atoms with Crippen molar-refractivity contribution in [1.29, 1.82) is 0 Å². The molecule has 0 aliphatic carbocycles. The summed E-state index contributed by atoms with van der Waals surface area (Å²) in [4.78, 5) is 32.2. The summed E-state index contributed by atoms with van der Waals surface area (Å²) in [7, 11) is 1.60. The Hall–Kier alpha value is -3.33. The van der Waals surface area contributed by atoms with E-state index in [2.05, 4.69) is 20.5 Å². The second-order valence-electron chi connectivity index (χ2n) is 7.16. The first-order valence-corrected chi connectivity index (χ1v) is 10.4. The van der Waals surface area contributed by atoms with Gasteiger partial charge in [0.15, 0.2) is 0 Å². The average molecular weight is 428 g/mol. The van der Waals surface area contributed by atoms with Crippen LogP contribution in [0.25, 0.3) is 0 Å². The summed E-state index contributed by atoms with van der Waals surface area (Å²) in [6, 6.07) is 10.8. The van der Waals surface area contributed by atoms with E-state index < -0.39 is 0 Å². The van der Waals surface area contributed by atoms with Gasteiger partial charge in [-0.05, 0) is 24.6 Å². The van der Waals surface area contributed by atoms with Crippen molar-refractivity contribution in [3.8, 4) is 17.4 Å². The van der Waals surface area contributed by atoms with Gasteiger partial charge in [0.05, 0.1) is 13.7 Å². The zero-order valence-electron chi connectivity index (χ0n) is 18.0. The van der Waals surface area contributed by atoms with Gasteiger partial charge < -0.3 is 25.0 Å². The average Bonchev–Trinajstić information content (AvgIpc) is 2.79. The van der Waals surface area contributed by atoms with E-state index >= 15 is 0 Å². The van der Waals surface area contributed by atoms with E-state index in [-0.39, 0.29) is 11.9 Å². The fraction of sp³-hybridized carbons (Fsp3) is 0.409. The molecule has 0 radical (unpaired) electrons. The maximum Gasteiger partial charge on any atom is 0.317 e. The first kappa shape index (κ1) is 22.4. The molecule has 2 N–H and O–H groups in total. The van der Waals surface area contributed by atoms with Crippen molar-refractivity contribution < 1.29 is 19.1 Å². The summed E-state index contributed by atoms with van der Waals surface area (Å²) in [5.41, 5.74) is 0.876. The molecular formula is C22H29N5O4. The van der Waals surface area contributed by atoms with Gasteiger partial charge in [0.1, 0.15) is 11.5 Å². The lowest BCUT2D eigenvalue weighted by Crippen LogP contribution is -2.53. The third-order valence-electron chi connectivity index (χ3n) is 4.91. The van der Waals surface area contributed by atoms with Gasteiger partial charge in [0, 0.05) is 57.6 Å². The van der Waals surface area contributed by atoms with E-state index in [0.29, 0.717) is 63.2 Å².